The third-order valence-corrected chi connectivity index (χ3v) is 2.52. The molecule has 0 saturated heterocycles. The van der Waals surface area contributed by atoms with E-state index >= 15 is 0 Å². The van der Waals surface area contributed by atoms with Crippen molar-refractivity contribution in [2.45, 2.75) is 0 Å². The van der Waals surface area contributed by atoms with Crippen molar-refractivity contribution in [1.82, 2.24) is 9.97 Å². The number of carboxylic acid groups (broad SMARTS) is 1. The fourth-order valence-corrected chi connectivity index (χ4v) is 1.50. The molecule has 0 saturated carbocycles. The fraction of sp³-hybridized carbons (Fsp3) is 0.0769. The number of halogens is 1. The lowest BCUT2D eigenvalue weighted by atomic mass is 10.3. The van der Waals surface area contributed by atoms with Gasteiger partial charge in [-0.15, -0.1) is 0 Å². The minimum Gasteiger partial charge on any atom is -0.482 e. The molecule has 8 heteroatoms. The molecule has 1 heterocycles. The van der Waals surface area contributed by atoms with E-state index in [1.807, 2.05) is 0 Å². The van der Waals surface area contributed by atoms with Crippen molar-refractivity contribution in [2.24, 2.45) is 0 Å². The molecule has 7 nitrogen and oxygen atoms in total. The number of benzene rings is 1. The van der Waals surface area contributed by atoms with Gasteiger partial charge in [-0.25, -0.2) is 14.8 Å². The van der Waals surface area contributed by atoms with Gasteiger partial charge in [0.25, 0.3) is 5.91 Å². The number of aliphatic carboxylic acids is 1. The van der Waals surface area contributed by atoms with Crippen LogP contribution in [-0.2, 0) is 4.79 Å². The molecular formula is C13H10ClN3O4. The Morgan fingerprint density at radius 1 is 1.19 bits per heavy atom. The maximum Gasteiger partial charge on any atom is 0.341 e. The Kier molecular flexibility index (Phi) is 4.68. The van der Waals surface area contributed by atoms with E-state index in [1.54, 1.807) is 24.3 Å². The van der Waals surface area contributed by atoms with Crippen molar-refractivity contribution < 1.29 is 19.4 Å². The number of ether oxygens (including phenoxy) is 1. The number of nitrogens with zero attached hydrogens (tertiary/aromatic N) is 2. The molecule has 2 N–H and O–H groups in total. The van der Waals surface area contributed by atoms with Crippen LogP contribution in [-0.4, -0.2) is 33.6 Å². The van der Waals surface area contributed by atoms with Gasteiger partial charge in [-0.3, -0.25) is 4.79 Å². The number of rotatable bonds is 5. The number of nitrogens with one attached hydrogen (secondary N) is 1. The van der Waals surface area contributed by atoms with Gasteiger partial charge in [0.05, 0.1) is 12.4 Å². The summed E-state index contributed by atoms with van der Waals surface area (Å²) in [5.74, 6) is -1.10. The van der Waals surface area contributed by atoms with Crippen molar-refractivity contribution >= 4 is 29.2 Å². The van der Waals surface area contributed by atoms with Gasteiger partial charge in [0.1, 0.15) is 16.6 Å². The Hall–Kier alpha value is -2.67. The van der Waals surface area contributed by atoms with Crippen molar-refractivity contribution in [1.29, 1.82) is 0 Å². The number of anilines is 1. The van der Waals surface area contributed by atoms with Gasteiger partial charge in [0.2, 0.25) is 0 Å². The summed E-state index contributed by atoms with van der Waals surface area (Å²) in [6.07, 6.45) is 2.54. The summed E-state index contributed by atoms with van der Waals surface area (Å²) in [6, 6.07) is 6.26. The number of aromatic nitrogens is 2. The Morgan fingerprint density at radius 2 is 1.90 bits per heavy atom. The van der Waals surface area contributed by atoms with E-state index in [4.69, 9.17) is 21.4 Å². The lowest BCUT2D eigenvalue weighted by Gasteiger charge is -2.06. The molecule has 0 aliphatic rings. The number of amides is 1. The predicted octanol–water partition coefficient (Wildman–Crippen LogP) is 1.85. The highest BCUT2D eigenvalue weighted by molar-refractivity contribution is 6.29. The monoisotopic (exact) mass is 307 g/mol. The van der Waals surface area contributed by atoms with Gasteiger partial charge < -0.3 is 15.2 Å². The van der Waals surface area contributed by atoms with Crippen molar-refractivity contribution in [3.63, 3.8) is 0 Å². The van der Waals surface area contributed by atoms with E-state index in [-0.39, 0.29) is 10.8 Å². The zero-order chi connectivity index (χ0) is 15.2. The highest BCUT2D eigenvalue weighted by atomic mass is 35.5. The number of carbonyl (C=O) groups excluding carboxylic acids is 1. The standard InChI is InChI=1S/C13H10ClN3O4/c14-11-6-15-10(5-16-11)13(20)17-8-1-3-9(4-2-8)21-7-12(18)19/h1-6H,7H2,(H,17,20)(H,18,19). The van der Waals surface area contributed by atoms with Crippen LogP contribution in [0.1, 0.15) is 10.5 Å². The molecule has 1 amide bonds. The smallest absolute Gasteiger partial charge is 0.341 e. The maximum absolute atomic E-state index is 11.9. The van der Waals surface area contributed by atoms with E-state index in [0.717, 1.165) is 0 Å². The first-order chi connectivity index (χ1) is 10.0. The van der Waals surface area contributed by atoms with Crippen molar-refractivity contribution in [3.8, 4) is 5.75 Å². The van der Waals surface area contributed by atoms with E-state index in [0.29, 0.717) is 11.4 Å². The molecule has 2 aromatic rings. The number of carbonyl (C=O) groups is 2. The molecule has 108 valence electrons. The topological polar surface area (TPSA) is 101 Å². The number of carboxylic acids is 1. The average molecular weight is 308 g/mol. The second-order valence-corrected chi connectivity index (χ2v) is 4.27. The van der Waals surface area contributed by atoms with Gasteiger partial charge in [-0.05, 0) is 24.3 Å². The lowest BCUT2D eigenvalue weighted by molar-refractivity contribution is -0.139. The van der Waals surface area contributed by atoms with Crippen LogP contribution in [0.3, 0.4) is 0 Å². The van der Waals surface area contributed by atoms with Gasteiger partial charge in [-0.2, -0.15) is 0 Å². The minimum absolute atomic E-state index is 0.130. The highest BCUT2D eigenvalue weighted by Crippen LogP contribution is 2.16. The van der Waals surface area contributed by atoms with E-state index in [2.05, 4.69) is 15.3 Å². The van der Waals surface area contributed by atoms with Crippen LogP contribution in [0.15, 0.2) is 36.7 Å². The molecule has 0 atom stereocenters. The SMILES string of the molecule is O=C(O)COc1ccc(NC(=O)c2cnc(Cl)cn2)cc1. The van der Waals surface area contributed by atoms with Crippen LogP contribution in [0.25, 0.3) is 0 Å². The third kappa shape index (κ3) is 4.43. The summed E-state index contributed by atoms with van der Waals surface area (Å²) >= 11 is 5.58. The number of hydrogen-bond acceptors (Lipinski definition) is 5. The first-order valence-electron chi connectivity index (χ1n) is 5.78. The Labute approximate surface area is 124 Å². The largest absolute Gasteiger partial charge is 0.482 e. The van der Waals surface area contributed by atoms with E-state index in [9.17, 15) is 9.59 Å². The minimum atomic E-state index is -1.06. The van der Waals surface area contributed by atoms with Crippen LogP contribution in [0.2, 0.25) is 5.15 Å². The summed E-state index contributed by atoms with van der Waals surface area (Å²) in [4.78, 5) is 29.8. The van der Waals surface area contributed by atoms with Crippen LogP contribution in [0, 0.1) is 0 Å². The summed E-state index contributed by atoms with van der Waals surface area (Å²) in [5.41, 5.74) is 0.644. The predicted molar refractivity (Wildman–Crippen MR) is 74.6 cm³/mol. The molecule has 21 heavy (non-hydrogen) atoms. The molecular weight excluding hydrogens is 298 g/mol. The molecule has 0 fully saturated rings. The molecule has 0 aliphatic carbocycles. The molecule has 0 bridgehead atoms. The first kappa shape index (κ1) is 14.7. The molecule has 0 radical (unpaired) electrons. The second kappa shape index (κ2) is 6.67. The fourth-order valence-electron chi connectivity index (χ4n) is 1.40. The zero-order valence-corrected chi connectivity index (χ0v) is 11.4. The molecule has 1 aromatic heterocycles. The molecule has 0 aliphatic heterocycles. The van der Waals surface area contributed by atoms with Gasteiger partial charge in [0, 0.05) is 5.69 Å². The maximum atomic E-state index is 11.9. The van der Waals surface area contributed by atoms with Crippen molar-refractivity contribution in [3.05, 3.63) is 47.5 Å². The van der Waals surface area contributed by atoms with Crippen LogP contribution < -0.4 is 10.1 Å². The van der Waals surface area contributed by atoms with Gasteiger partial charge in [-0.1, -0.05) is 11.6 Å². The summed E-state index contributed by atoms with van der Waals surface area (Å²) in [5, 5.41) is 11.3. The van der Waals surface area contributed by atoms with Crippen LogP contribution in [0.5, 0.6) is 5.75 Å². The summed E-state index contributed by atoms with van der Waals surface area (Å²) < 4.78 is 4.98. The lowest BCUT2D eigenvalue weighted by Crippen LogP contribution is -2.14. The summed E-state index contributed by atoms with van der Waals surface area (Å²) in [7, 11) is 0. The zero-order valence-electron chi connectivity index (χ0n) is 10.6. The van der Waals surface area contributed by atoms with Gasteiger partial charge in [0.15, 0.2) is 6.61 Å². The summed E-state index contributed by atoms with van der Waals surface area (Å²) in [6.45, 7) is -0.425. The van der Waals surface area contributed by atoms with Crippen LogP contribution >= 0.6 is 11.6 Å². The average Bonchev–Trinajstić information content (AvgIpc) is 2.47. The molecule has 1 aromatic carbocycles. The highest BCUT2D eigenvalue weighted by Gasteiger charge is 2.08. The van der Waals surface area contributed by atoms with Gasteiger partial charge >= 0.3 is 5.97 Å². The normalized spacial score (nSPS) is 9.95. The molecule has 0 unspecified atom stereocenters. The van der Waals surface area contributed by atoms with Crippen molar-refractivity contribution in [2.75, 3.05) is 11.9 Å². The second-order valence-electron chi connectivity index (χ2n) is 3.89. The quantitative estimate of drug-likeness (QED) is 0.874. The third-order valence-electron chi connectivity index (χ3n) is 2.33. The Balaban J connectivity index is 1.98. The van der Waals surface area contributed by atoms with E-state index < -0.39 is 18.5 Å². The molecule has 0 spiro atoms. The molecule has 2 rings (SSSR count). The van der Waals surface area contributed by atoms with Crippen LogP contribution in [0.4, 0.5) is 5.69 Å². The number of hydrogen-bond donors (Lipinski definition) is 2. The van der Waals surface area contributed by atoms with E-state index in [1.165, 1.54) is 12.4 Å². The first-order valence-corrected chi connectivity index (χ1v) is 6.16. The Bertz CT molecular complexity index is 643. The Morgan fingerprint density at radius 3 is 2.48 bits per heavy atom.